The van der Waals surface area contributed by atoms with Gasteiger partial charge in [0.05, 0.1) is 7.11 Å². The summed E-state index contributed by atoms with van der Waals surface area (Å²) in [7, 11) is 2.12. The van der Waals surface area contributed by atoms with Gasteiger partial charge in [-0.3, -0.25) is 0 Å². The van der Waals surface area contributed by atoms with Crippen LogP contribution in [0.2, 0.25) is 0 Å². The van der Waals surface area contributed by atoms with Gasteiger partial charge in [0.2, 0.25) is 0 Å². The maximum Gasteiger partial charge on any atom is 0.123 e. The average Bonchev–Trinajstić information content (AvgIpc) is 2.33. The molecule has 1 N–H and O–H groups in total. The van der Waals surface area contributed by atoms with Gasteiger partial charge in [-0.2, -0.15) is 0 Å². The molecule has 0 aliphatic heterocycles. The third-order valence-electron chi connectivity index (χ3n) is 2.27. The van der Waals surface area contributed by atoms with Crippen LogP contribution in [0, 0.1) is 0 Å². The van der Waals surface area contributed by atoms with Crippen LogP contribution in [-0.4, -0.2) is 12.2 Å². The van der Waals surface area contributed by atoms with Crippen molar-refractivity contribution in [3.63, 3.8) is 0 Å². The number of ether oxygens (including phenoxy) is 1. The molecule has 0 radical (unpaired) electrons. The Labute approximate surface area is 96.7 Å². The van der Waals surface area contributed by atoms with E-state index in [4.69, 9.17) is 4.74 Å². The fourth-order valence-electron chi connectivity index (χ4n) is 1.41. The molecule has 2 rings (SSSR count). The van der Waals surface area contributed by atoms with E-state index < -0.39 is 0 Å². The quantitative estimate of drug-likeness (QED) is 0.820. The summed E-state index contributed by atoms with van der Waals surface area (Å²) in [5.74, 6) is 1.21. The second-order valence-corrected chi connectivity index (χ2v) is 4.74. The van der Waals surface area contributed by atoms with Gasteiger partial charge in [-0.05, 0) is 23.5 Å². The summed E-state index contributed by atoms with van der Waals surface area (Å²) < 4.78 is 5.10. The zero-order valence-corrected chi connectivity index (χ0v) is 9.97. The van der Waals surface area contributed by atoms with E-state index in [1.165, 1.54) is 5.30 Å². The van der Waals surface area contributed by atoms with E-state index in [2.05, 4.69) is 0 Å². The van der Waals surface area contributed by atoms with Crippen LogP contribution in [0.25, 0.3) is 0 Å². The summed E-state index contributed by atoms with van der Waals surface area (Å²) in [5.41, 5.74) is 0. The summed E-state index contributed by atoms with van der Waals surface area (Å²) in [6.07, 6.45) is 0. The molecule has 0 aliphatic carbocycles. The third-order valence-corrected chi connectivity index (χ3v) is 3.59. The van der Waals surface area contributed by atoms with Crippen molar-refractivity contribution in [3.05, 3.63) is 48.5 Å². The Morgan fingerprint density at radius 2 is 1.69 bits per heavy atom. The van der Waals surface area contributed by atoms with Crippen molar-refractivity contribution in [3.8, 4) is 11.5 Å². The van der Waals surface area contributed by atoms with Gasteiger partial charge in [-0.1, -0.05) is 38.9 Å². The summed E-state index contributed by atoms with van der Waals surface area (Å²) in [4.78, 5) is 0. The molecule has 3 heteroatoms. The van der Waals surface area contributed by atoms with E-state index in [9.17, 15) is 5.11 Å². The highest BCUT2D eigenvalue weighted by atomic mass is 31.1. The van der Waals surface area contributed by atoms with Gasteiger partial charge < -0.3 is 9.84 Å². The Morgan fingerprint density at radius 3 is 2.31 bits per heavy atom. The Hall–Kier alpha value is -1.53. The molecule has 82 valence electrons. The molecular formula is C13H13O2P. The predicted octanol–water partition coefficient (Wildman–Crippen LogP) is 2.03. The molecule has 0 heterocycles. The van der Waals surface area contributed by atoms with Gasteiger partial charge in [0.15, 0.2) is 0 Å². The molecular weight excluding hydrogens is 219 g/mol. The SMILES string of the molecule is COc1ccc(Pc2ccccc2O)cc1. The number of hydrogen-bond donors (Lipinski definition) is 1. The fourth-order valence-corrected chi connectivity index (χ4v) is 2.44. The van der Waals surface area contributed by atoms with Crippen molar-refractivity contribution < 1.29 is 9.84 Å². The second kappa shape index (κ2) is 5.00. The van der Waals surface area contributed by atoms with Gasteiger partial charge in [0.1, 0.15) is 11.5 Å². The van der Waals surface area contributed by atoms with Crippen LogP contribution >= 0.6 is 8.58 Å². The van der Waals surface area contributed by atoms with E-state index >= 15 is 0 Å². The van der Waals surface area contributed by atoms with Crippen molar-refractivity contribution >= 4 is 19.2 Å². The number of phenolic OH excluding ortho intramolecular Hbond substituents is 1. The van der Waals surface area contributed by atoms with Crippen molar-refractivity contribution in [1.82, 2.24) is 0 Å². The molecule has 0 amide bonds. The minimum Gasteiger partial charge on any atom is -0.507 e. The first-order valence-corrected chi connectivity index (χ1v) is 5.98. The van der Waals surface area contributed by atoms with E-state index in [1.807, 2.05) is 42.5 Å². The Kier molecular flexibility index (Phi) is 3.43. The Bertz CT molecular complexity index is 466. The lowest BCUT2D eigenvalue weighted by Gasteiger charge is -2.05. The Morgan fingerprint density at radius 1 is 1.00 bits per heavy atom. The first-order valence-electron chi connectivity index (χ1n) is 4.98. The standard InChI is InChI=1S/C13H13O2P/c1-15-10-6-8-11(9-7-10)16-13-5-3-2-4-12(13)14/h2-9,14,16H,1H3. The van der Waals surface area contributed by atoms with E-state index in [0.29, 0.717) is 14.3 Å². The smallest absolute Gasteiger partial charge is 0.123 e. The number of phenols is 1. The second-order valence-electron chi connectivity index (χ2n) is 3.37. The van der Waals surface area contributed by atoms with Gasteiger partial charge in [0, 0.05) is 5.30 Å². The van der Waals surface area contributed by atoms with Crippen LogP contribution in [0.5, 0.6) is 11.5 Å². The molecule has 0 saturated carbocycles. The molecule has 0 aromatic heterocycles. The van der Waals surface area contributed by atoms with Gasteiger partial charge in [0.25, 0.3) is 0 Å². The van der Waals surface area contributed by atoms with Gasteiger partial charge in [-0.15, -0.1) is 0 Å². The monoisotopic (exact) mass is 232 g/mol. The number of aromatic hydroxyl groups is 1. The van der Waals surface area contributed by atoms with Crippen LogP contribution < -0.4 is 15.3 Å². The maximum atomic E-state index is 9.65. The number of rotatable bonds is 3. The normalized spacial score (nSPS) is 10.8. The molecule has 1 unspecified atom stereocenters. The average molecular weight is 232 g/mol. The van der Waals surface area contributed by atoms with Gasteiger partial charge >= 0.3 is 0 Å². The van der Waals surface area contributed by atoms with Crippen molar-refractivity contribution in [2.75, 3.05) is 7.11 Å². The number of para-hydroxylation sites is 1. The molecule has 0 bridgehead atoms. The largest absolute Gasteiger partial charge is 0.507 e. The summed E-state index contributed by atoms with van der Waals surface area (Å²) in [5, 5.41) is 11.8. The van der Waals surface area contributed by atoms with E-state index in [0.717, 1.165) is 11.1 Å². The van der Waals surface area contributed by atoms with E-state index in [1.54, 1.807) is 13.2 Å². The lowest BCUT2D eigenvalue weighted by atomic mass is 10.3. The number of hydrogen-bond acceptors (Lipinski definition) is 2. The summed E-state index contributed by atoms with van der Waals surface area (Å²) >= 11 is 0. The molecule has 0 spiro atoms. The molecule has 2 aromatic rings. The first-order chi connectivity index (χ1) is 7.79. The summed E-state index contributed by atoms with van der Waals surface area (Å²) in [6.45, 7) is 0. The van der Waals surface area contributed by atoms with Crippen LogP contribution in [-0.2, 0) is 0 Å². The zero-order chi connectivity index (χ0) is 11.4. The van der Waals surface area contributed by atoms with Crippen molar-refractivity contribution in [2.24, 2.45) is 0 Å². The zero-order valence-electron chi connectivity index (χ0n) is 8.97. The molecule has 16 heavy (non-hydrogen) atoms. The highest BCUT2D eigenvalue weighted by Crippen LogP contribution is 2.19. The highest BCUT2D eigenvalue weighted by molar-refractivity contribution is 7.55. The van der Waals surface area contributed by atoms with Crippen LogP contribution in [0.3, 0.4) is 0 Å². The number of benzene rings is 2. The lowest BCUT2D eigenvalue weighted by Crippen LogP contribution is -2.03. The molecule has 0 fully saturated rings. The van der Waals surface area contributed by atoms with Crippen LogP contribution in [0.1, 0.15) is 0 Å². The van der Waals surface area contributed by atoms with Crippen LogP contribution in [0.15, 0.2) is 48.5 Å². The minimum absolute atomic E-state index is 0.358. The Balaban J connectivity index is 2.18. The molecule has 2 aromatic carbocycles. The maximum absolute atomic E-state index is 9.65. The van der Waals surface area contributed by atoms with Crippen LogP contribution in [0.4, 0.5) is 0 Å². The van der Waals surface area contributed by atoms with Gasteiger partial charge in [-0.25, -0.2) is 0 Å². The van der Waals surface area contributed by atoms with E-state index in [-0.39, 0.29) is 0 Å². The van der Waals surface area contributed by atoms with Crippen molar-refractivity contribution in [1.29, 1.82) is 0 Å². The van der Waals surface area contributed by atoms with Crippen molar-refractivity contribution in [2.45, 2.75) is 0 Å². The molecule has 0 aliphatic rings. The number of methoxy groups -OCH3 is 1. The highest BCUT2D eigenvalue weighted by Gasteiger charge is 2.01. The first kappa shape index (κ1) is 11.0. The topological polar surface area (TPSA) is 29.5 Å². The summed E-state index contributed by atoms with van der Waals surface area (Å²) in [6, 6.07) is 15.3. The molecule has 2 nitrogen and oxygen atoms in total. The minimum atomic E-state index is 0.358. The molecule has 1 atom stereocenters. The third kappa shape index (κ3) is 2.53. The fraction of sp³-hybridized carbons (Fsp3) is 0.0769. The predicted molar refractivity (Wildman–Crippen MR) is 68.7 cm³/mol. The molecule has 0 saturated heterocycles. The lowest BCUT2D eigenvalue weighted by molar-refractivity contribution is 0.415.